The van der Waals surface area contributed by atoms with E-state index in [-0.39, 0.29) is 0 Å². The predicted molar refractivity (Wildman–Crippen MR) is 40.8 cm³/mol. The van der Waals surface area contributed by atoms with Gasteiger partial charge in [-0.1, -0.05) is 0 Å². The molecule has 0 amide bonds. The first-order chi connectivity index (χ1) is 5.33. The molecule has 0 saturated heterocycles. The SMILES string of the molecule is CCOC(C)=Nc1ncn[nH]1. The van der Waals surface area contributed by atoms with E-state index >= 15 is 0 Å². The number of rotatable bonds is 2. The molecule has 11 heavy (non-hydrogen) atoms. The summed E-state index contributed by atoms with van der Waals surface area (Å²) in [4.78, 5) is 7.78. The first kappa shape index (κ1) is 7.71. The molecule has 60 valence electrons. The van der Waals surface area contributed by atoms with Crippen LogP contribution in [0.15, 0.2) is 11.3 Å². The molecule has 0 atom stereocenters. The number of aromatic amines is 1. The fourth-order valence-electron chi connectivity index (χ4n) is 0.643. The molecular formula is C6H10N4O. The molecule has 0 aromatic carbocycles. The van der Waals surface area contributed by atoms with Crippen molar-refractivity contribution in [1.82, 2.24) is 15.2 Å². The molecule has 0 fully saturated rings. The van der Waals surface area contributed by atoms with Crippen LogP contribution in [0.3, 0.4) is 0 Å². The van der Waals surface area contributed by atoms with Gasteiger partial charge in [-0.25, -0.2) is 5.10 Å². The Morgan fingerprint density at radius 3 is 3.18 bits per heavy atom. The molecule has 1 rings (SSSR count). The summed E-state index contributed by atoms with van der Waals surface area (Å²) in [6.07, 6.45) is 1.40. The second-order valence-corrected chi connectivity index (χ2v) is 1.87. The average molecular weight is 154 g/mol. The van der Waals surface area contributed by atoms with Gasteiger partial charge >= 0.3 is 0 Å². The van der Waals surface area contributed by atoms with Gasteiger partial charge in [-0.05, 0) is 6.92 Å². The first-order valence-corrected chi connectivity index (χ1v) is 3.36. The van der Waals surface area contributed by atoms with E-state index in [1.807, 2.05) is 6.92 Å². The third-order valence-electron chi connectivity index (χ3n) is 1.02. The standard InChI is InChI=1S/C6H10N4O/c1-3-11-5(2)9-6-7-4-8-10-6/h4H,3H2,1-2H3,(H,7,8,10). The van der Waals surface area contributed by atoms with Crippen molar-refractivity contribution in [3.63, 3.8) is 0 Å². The Bertz CT molecular complexity index is 229. The van der Waals surface area contributed by atoms with Crippen molar-refractivity contribution < 1.29 is 4.74 Å². The summed E-state index contributed by atoms with van der Waals surface area (Å²) in [5, 5.41) is 6.23. The van der Waals surface area contributed by atoms with Crippen molar-refractivity contribution in [3.05, 3.63) is 6.33 Å². The molecule has 5 nitrogen and oxygen atoms in total. The topological polar surface area (TPSA) is 63.2 Å². The first-order valence-electron chi connectivity index (χ1n) is 3.36. The third kappa shape index (κ3) is 2.37. The maximum atomic E-state index is 5.08. The van der Waals surface area contributed by atoms with E-state index in [4.69, 9.17) is 4.74 Å². The van der Waals surface area contributed by atoms with E-state index in [0.29, 0.717) is 18.5 Å². The van der Waals surface area contributed by atoms with Crippen LogP contribution in [0, 0.1) is 0 Å². The molecule has 1 aromatic rings. The molecule has 0 aliphatic rings. The Hall–Kier alpha value is -1.39. The van der Waals surface area contributed by atoms with Gasteiger partial charge < -0.3 is 4.74 Å². The summed E-state index contributed by atoms with van der Waals surface area (Å²) >= 11 is 0. The van der Waals surface area contributed by atoms with E-state index in [1.165, 1.54) is 6.33 Å². The van der Waals surface area contributed by atoms with E-state index in [9.17, 15) is 0 Å². The van der Waals surface area contributed by atoms with Crippen LogP contribution in [0.25, 0.3) is 0 Å². The summed E-state index contributed by atoms with van der Waals surface area (Å²) < 4.78 is 5.08. The van der Waals surface area contributed by atoms with E-state index in [0.717, 1.165) is 0 Å². The molecular weight excluding hydrogens is 144 g/mol. The highest BCUT2D eigenvalue weighted by molar-refractivity contribution is 5.75. The predicted octanol–water partition coefficient (Wildman–Crippen LogP) is 0.891. The number of hydrogen-bond acceptors (Lipinski definition) is 4. The van der Waals surface area contributed by atoms with Crippen molar-refractivity contribution >= 4 is 11.8 Å². The lowest BCUT2D eigenvalue weighted by Crippen LogP contribution is -1.97. The Kier molecular flexibility index (Phi) is 2.59. The number of ether oxygens (including phenoxy) is 1. The van der Waals surface area contributed by atoms with Gasteiger partial charge in [0.2, 0.25) is 5.95 Å². The number of hydrogen-bond donors (Lipinski definition) is 1. The summed E-state index contributed by atoms with van der Waals surface area (Å²) in [6.45, 7) is 4.29. The van der Waals surface area contributed by atoms with Crippen LogP contribution in [-0.4, -0.2) is 27.7 Å². The van der Waals surface area contributed by atoms with Crippen LogP contribution >= 0.6 is 0 Å². The van der Waals surface area contributed by atoms with Crippen molar-refractivity contribution in [2.45, 2.75) is 13.8 Å². The second kappa shape index (κ2) is 3.70. The van der Waals surface area contributed by atoms with Gasteiger partial charge in [-0.15, -0.1) is 0 Å². The fraction of sp³-hybridized carbons (Fsp3) is 0.500. The normalized spacial score (nSPS) is 11.6. The van der Waals surface area contributed by atoms with Gasteiger partial charge in [0.15, 0.2) is 5.90 Å². The molecule has 0 radical (unpaired) electrons. The summed E-state index contributed by atoms with van der Waals surface area (Å²) in [5.74, 6) is 1.06. The van der Waals surface area contributed by atoms with E-state index in [2.05, 4.69) is 20.2 Å². The lowest BCUT2D eigenvalue weighted by molar-refractivity contribution is 0.324. The highest BCUT2D eigenvalue weighted by Gasteiger charge is 1.92. The van der Waals surface area contributed by atoms with Gasteiger partial charge in [-0.3, -0.25) is 0 Å². The molecule has 0 bridgehead atoms. The van der Waals surface area contributed by atoms with Gasteiger partial charge in [0.05, 0.1) is 6.61 Å². The maximum absolute atomic E-state index is 5.08. The van der Waals surface area contributed by atoms with Gasteiger partial charge in [0.25, 0.3) is 0 Å². The van der Waals surface area contributed by atoms with Gasteiger partial charge in [0, 0.05) is 6.92 Å². The minimum Gasteiger partial charge on any atom is -0.481 e. The number of aromatic nitrogens is 3. The van der Waals surface area contributed by atoms with Crippen LogP contribution in [0.2, 0.25) is 0 Å². The number of nitrogens with zero attached hydrogens (tertiary/aromatic N) is 3. The minimum absolute atomic E-state index is 0.468. The molecule has 0 aliphatic carbocycles. The summed E-state index contributed by atoms with van der Waals surface area (Å²) in [5.41, 5.74) is 0. The lowest BCUT2D eigenvalue weighted by atomic mass is 10.7. The molecule has 1 aromatic heterocycles. The Balaban J connectivity index is 2.58. The van der Waals surface area contributed by atoms with Crippen molar-refractivity contribution in [3.8, 4) is 0 Å². The smallest absolute Gasteiger partial charge is 0.248 e. The zero-order chi connectivity index (χ0) is 8.10. The van der Waals surface area contributed by atoms with E-state index in [1.54, 1.807) is 6.92 Å². The van der Waals surface area contributed by atoms with Crippen LogP contribution in [0.4, 0.5) is 5.95 Å². The monoisotopic (exact) mass is 154 g/mol. The van der Waals surface area contributed by atoms with Crippen LogP contribution in [0.5, 0.6) is 0 Å². The van der Waals surface area contributed by atoms with Crippen LogP contribution in [0.1, 0.15) is 13.8 Å². The summed E-state index contributed by atoms with van der Waals surface area (Å²) in [6, 6.07) is 0. The van der Waals surface area contributed by atoms with Gasteiger partial charge in [0.1, 0.15) is 6.33 Å². The highest BCUT2D eigenvalue weighted by atomic mass is 16.5. The molecule has 0 saturated carbocycles. The van der Waals surface area contributed by atoms with Crippen LogP contribution < -0.4 is 0 Å². The van der Waals surface area contributed by atoms with Crippen molar-refractivity contribution in [2.24, 2.45) is 4.99 Å². The summed E-state index contributed by atoms with van der Waals surface area (Å²) in [7, 11) is 0. The Morgan fingerprint density at radius 1 is 1.82 bits per heavy atom. The van der Waals surface area contributed by atoms with Crippen molar-refractivity contribution in [2.75, 3.05) is 6.61 Å². The zero-order valence-corrected chi connectivity index (χ0v) is 6.53. The largest absolute Gasteiger partial charge is 0.481 e. The highest BCUT2D eigenvalue weighted by Crippen LogP contribution is 1.99. The Labute approximate surface area is 64.5 Å². The minimum atomic E-state index is 0.468. The number of nitrogens with one attached hydrogen (secondary N) is 1. The van der Waals surface area contributed by atoms with Gasteiger partial charge in [-0.2, -0.15) is 15.1 Å². The Morgan fingerprint density at radius 2 is 2.64 bits per heavy atom. The molecule has 0 aliphatic heterocycles. The molecule has 5 heteroatoms. The molecule has 1 heterocycles. The second-order valence-electron chi connectivity index (χ2n) is 1.87. The number of H-pyrrole nitrogens is 1. The third-order valence-corrected chi connectivity index (χ3v) is 1.02. The van der Waals surface area contributed by atoms with E-state index < -0.39 is 0 Å². The number of aliphatic imine (C=N–C) groups is 1. The molecule has 1 N–H and O–H groups in total. The fourth-order valence-corrected chi connectivity index (χ4v) is 0.643. The van der Waals surface area contributed by atoms with Crippen LogP contribution in [-0.2, 0) is 4.74 Å². The molecule has 0 spiro atoms. The molecule has 0 unspecified atom stereocenters. The maximum Gasteiger partial charge on any atom is 0.248 e. The van der Waals surface area contributed by atoms with Crippen molar-refractivity contribution in [1.29, 1.82) is 0 Å². The zero-order valence-electron chi connectivity index (χ0n) is 6.53. The average Bonchev–Trinajstić information content (AvgIpc) is 2.40. The lowest BCUT2D eigenvalue weighted by Gasteiger charge is -1.97. The quantitative estimate of drug-likeness (QED) is 0.508.